The van der Waals surface area contributed by atoms with Crippen molar-refractivity contribution in [1.29, 1.82) is 5.26 Å². The summed E-state index contributed by atoms with van der Waals surface area (Å²) in [5, 5.41) is 12.0. The van der Waals surface area contributed by atoms with Crippen molar-refractivity contribution in [3.8, 4) is 11.8 Å². The van der Waals surface area contributed by atoms with Crippen LogP contribution in [0.25, 0.3) is 0 Å². The lowest BCUT2D eigenvalue weighted by Gasteiger charge is -2.29. The Kier molecular flexibility index (Phi) is 7.64. The van der Waals surface area contributed by atoms with Gasteiger partial charge in [-0.15, -0.1) is 13.2 Å². The van der Waals surface area contributed by atoms with Gasteiger partial charge in [-0.1, -0.05) is 24.3 Å². The van der Waals surface area contributed by atoms with Gasteiger partial charge in [0.15, 0.2) is 0 Å². The van der Waals surface area contributed by atoms with E-state index in [1.54, 1.807) is 24.3 Å². The molecule has 5 nitrogen and oxygen atoms in total. The summed E-state index contributed by atoms with van der Waals surface area (Å²) in [6, 6.07) is 17.6. The number of ether oxygens (including phenoxy) is 1. The number of benzene rings is 3. The van der Waals surface area contributed by atoms with Crippen molar-refractivity contribution < 1.29 is 35.9 Å². The van der Waals surface area contributed by atoms with Crippen LogP contribution in [0.1, 0.15) is 45.1 Å². The molecule has 0 saturated carbocycles. The number of alkyl halides is 6. The SMILES string of the molecule is N#Cc1ccc(C(c2ccc(OC(F)(F)F)cc2)N2CC[C@@H](NC(=O)c3ccc(C(F)(F)F)cc3)C2)cc1. The number of hydrogen-bond donors (Lipinski definition) is 1. The van der Waals surface area contributed by atoms with Gasteiger partial charge in [-0.2, -0.15) is 18.4 Å². The molecule has 198 valence electrons. The molecule has 0 spiro atoms. The Bertz CT molecular complexity index is 1300. The molecule has 1 fully saturated rings. The van der Waals surface area contributed by atoms with E-state index in [1.165, 1.54) is 24.3 Å². The van der Waals surface area contributed by atoms with Crippen LogP contribution in [0.4, 0.5) is 26.3 Å². The van der Waals surface area contributed by atoms with Gasteiger partial charge in [0.1, 0.15) is 5.75 Å². The lowest BCUT2D eigenvalue weighted by Crippen LogP contribution is -2.38. The number of amides is 1. The maximum Gasteiger partial charge on any atom is 0.573 e. The molecule has 1 amide bonds. The molecule has 38 heavy (non-hydrogen) atoms. The van der Waals surface area contributed by atoms with Crippen LogP contribution in [0.3, 0.4) is 0 Å². The number of rotatable bonds is 6. The van der Waals surface area contributed by atoms with E-state index >= 15 is 0 Å². The van der Waals surface area contributed by atoms with E-state index in [0.717, 1.165) is 29.8 Å². The maximum atomic E-state index is 12.8. The minimum atomic E-state index is -4.82. The molecule has 3 aromatic rings. The molecule has 1 unspecified atom stereocenters. The number of hydrogen-bond acceptors (Lipinski definition) is 4. The fraction of sp³-hybridized carbons (Fsp3) is 0.259. The van der Waals surface area contributed by atoms with Gasteiger partial charge >= 0.3 is 12.5 Å². The quantitative estimate of drug-likeness (QED) is 0.391. The van der Waals surface area contributed by atoms with Crippen LogP contribution in [0.15, 0.2) is 72.8 Å². The predicted molar refractivity (Wildman–Crippen MR) is 125 cm³/mol. The molecule has 1 aliphatic heterocycles. The zero-order valence-corrected chi connectivity index (χ0v) is 19.7. The van der Waals surface area contributed by atoms with Crippen molar-refractivity contribution in [3.63, 3.8) is 0 Å². The third-order valence-electron chi connectivity index (χ3n) is 6.18. The Morgan fingerprint density at radius 1 is 0.921 bits per heavy atom. The number of nitriles is 1. The molecule has 0 radical (unpaired) electrons. The van der Waals surface area contributed by atoms with E-state index in [9.17, 15) is 31.1 Å². The molecule has 2 atom stereocenters. The highest BCUT2D eigenvalue weighted by atomic mass is 19.4. The summed E-state index contributed by atoms with van der Waals surface area (Å²) in [4.78, 5) is 14.7. The number of carbonyl (C=O) groups is 1. The van der Waals surface area contributed by atoms with Crippen molar-refractivity contribution in [1.82, 2.24) is 10.2 Å². The summed E-state index contributed by atoms with van der Waals surface area (Å²) < 4.78 is 80.1. The Labute approximate surface area is 214 Å². The number of halogens is 6. The van der Waals surface area contributed by atoms with E-state index in [2.05, 4.69) is 10.1 Å². The van der Waals surface area contributed by atoms with E-state index in [1.807, 2.05) is 11.0 Å². The first kappa shape index (κ1) is 27.0. The lowest BCUT2D eigenvalue weighted by molar-refractivity contribution is -0.274. The Balaban J connectivity index is 1.51. The van der Waals surface area contributed by atoms with Crippen LogP contribution < -0.4 is 10.1 Å². The second kappa shape index (κ2) is 10.8. The molecule has 4 rings (SSSR count). The highest BCUT2D eigenvalue weighted by molar-refractivity contribution is 5.94. The van der Waals surface area contributed by atoms with Crippen LogP contribution in [0.5, 0.6) is 5.75 Å². The first-order valence-corrected chi connectivity index (χ1v) is 11.5. The molecule has 0 bridgehead atoms. The molecule has 1 N–H and O–H groups in total. The standard InChI is InChI=1S/C27H21F6N3O2/c28-26(29,30)21-9-5-20(6-10-21)25(37)35-22-13-14-36(16-22)24(18-3-1-17(15-34)2-4-18)19-7-11-23(12-8-19)38-27(31,32)33/h1-12,22,24H,13-14,16H2,(H,35,37)/t22-,24?/m1/s1. The molecule has 0 aliphatic carbocycles. The number of likely N-dealkylation sites (tertiary alicyclic amines) is 1. The Morgan fingerprint density at radius 3 is 2.03 bits per heavy atom. The Morgan fingerprint density at radius 2 is 1.50 bits per heavy atom. The summed E-state index contributed by atoms with van der Waals surface area (Å²) >= 11 is 0. The largest absolute Gasteiger partial charge is 0.573 e. The zero-order valence-electron chi connectivity index (χ0n) is 19.7. The lowest BCUT2D eigenvalue weighted by atomic mass is 9.96. The van der Waals surface area contributed by atoms with Gasteiger partial charge in [0.2, 0.25) is 0 Å². The molecule has 1 heterocycles. The minimum absolute atomic E-state index is 0.0975. The zero-order chi connectivity index (χ0) is 27.5. The monoisotopic (exact) mass is 533 g/mol. The molecule has 1 aliphatic rings. The van der Waals surface area contributed by atoms with Crippen LogP contribution in [0, 0.1) is 11.3 Å². The molecule has 0 aromatic heterocycles. The van der Waals surface area contributed by atoms with Gasteiger partial charge < -0.3 is 10.1 Å². The van der Waals surface area contributed by atoms with E-state index in [0.29, 0.717) is 30.6 Å². The second-order valence-electron chi connectivity index (χ2n) is 8.78. The Hall–Kier alpha value is -4.04. The van der Waals surface area contributed by atoms with Gasteiger partial charge in [0, 0.05) is 24.7 Å². The van der Waals surface area contributed by atoms with Crippen molar-refractivity contribution in [2.24, 2.45) is 0 Å². The summed E-state index contributed by atoms with van der Waals surface area (Å²) in [5.41, 5.74) is 1.17. The summed E-state index contributed by atoms with van der Waals surface area (Å²) in [6.07, 6.45) is -8.77. The molecular weight excluding hydrogens is 512 g/mol. The fourth-order valence-electron chi connectivity index (χ4n) is 4.42. The third-order valence-corrected chi connectivity index (χ3v) is 6.18. The summed E-state index contributed by atoms with van der Waals surface area (Å²) in [6.45, 7) is 0.918. The van der Waals surface area contributed by atoms with Crippen molar-refractivity contribution in [2.75, 3.05) is 13.1 Å². The number of nitrogens with zero attached hydrogens (tertiary/aromatic N) is 2. The average Bonchev–Trinajstić information content (AvgIpc) is 3.32. The summed E-state index contributed by atoms with van der Waals surface area (Å²) in [7, 11) is 0. The normalized spacial score (nSPS) is 17.0. The average molecular weight is 533 g/mol. The van der Waals surface area contributed by atoms with Crippen molar-refractivity contribution in [2.45, 2.75) is 31.0 Å². The molecule has 11 heteroatoms. The molecular formula is C27H21F6N3O2. The van der Waals surface area contributed by atoms with Crippen LogP contribution >= 0.6 is 0 Å². The predicted octanol–water partition coefficient (Wildman–Crippen LogP) is 6.07. The first-order chi connectivity index (χ1) is 17.9. The van der Waals surface area contributed by atoms with Gasteiger partial charge in [-0.25, -0.2) is 0 Å². The summed E-state index contributed by atoms with van der Waals surface area (Å²) in [5.74, 6) is -0.864. The van der Waals surface area contributed by atoms with E-state index in [4.69, 9.17) is 5.26 Å². The first-order valence-electron chi connectivity index (χ1n) is 11.5. The smallest absolute Gasteiger partial charge is 0.406 e. The van der Waals surface area contributed by atoms with E-state index < -0.39 is 30.1 Å². The number of nitrogens with one attached hydrogen (secondary N) is 1. The topological polar surface area (TPSA) is 65.4 Å². The maximum absolute atomic E-state index is 12.8. The molecule has 1 saturated heterocycles. The van der Waals surface area contributed by atoms with Gasteiger partial charge in [-0.3, -0.25) is 9.69 Å². The van der Waals surface area contributed by atoms with Gasteiger partial charge in [0.05, 0.1) is 23.2 Å². The second-order valence-corrected chi connectivity index (χ2v) is 8.78. The van der Waals surface area contributed by atoms with Crippen molar-refractivity contribution in [3.05, 3.63) is 101 Å². The van der Waals surface area contributed by atoms with Crippen LogP contribution in [-0.4, -0.2) is 36.3 Å². The highest BCUT2D eigenvalue weighted by Gasteiger charge is 2.34. The van der Waals surface area contributed by atoms with Crippen LogP contribution in [-0.2, 0) is 6.18 Å². The minimum Gasteiger partial charge on any atom is -0.406 e. The van der Waals surface area contributed by atoms with Crippen LogP contribution in [0.2, 0.25) is 0 Å². The third kappa shape index (κ3) is 6.63. The van der Waals surface area contributed by atoms with Crippen molar-refractivity contribution >= 4 is 5.91 Å². The highest BCUT2D eigenvalue weighted by Crippen LogP contribution is 2.34. The van der Waals surface area contributed by atoms with Gasteiger partial charge in [0.25, 0.3) is 5.91 Å². The fourth-order valence-corrected chi connectivity index (χ4v) is 4.42. The molecule has 3 aromatic carbocycles. The van der Waals surface area contributed by atoms with Gasteiger partial charge in [-0.05, 0) is 66.1 Å². The van der Waals surface area contributed by atoms with E-state index in [-0.39, 0.29) is 17.4 Å². The number of carbonyl (C=O) groups excluding carboxylic acids is 1.